The Morgan fingerprint density at radius 1 is 1.47 bits per heavy atom. The molecule has 92 valence electrons. The van der Waals surface area contributed by atoms with Crippen molar-refractivity contribution in [3.63, 3.8) is 0 Å². The molecule has 0 aliphatic heterocycles. The number of nitrogens with one attached hydrogen (secondary N) is 1. The number of benzene rings is 1. The molecule has 4 heteroatoms. The summed E-state index contributed by atoms with van der Waals surface area (Å²) in [6.07, 6.45) is 1.70. The second kappa shape index (κ2) is 6.81. The third-order valence-electron chi connectivity index (χ3n) is 2.32. The number of halogens is 1. The molecule has 1 aromatic carbocycles. The molecule has 0 aliphatic carbocycles. The van der Waals surface area contributed by atoms with Gasteiger partial charge in [0.05, 0.1) is 6.54 Å². The van der Waals surface area contributed by atoms with E-state index in [4.69, 9.17) is 0 Å². The van der Waals surface area contributed by atoms with E-state index in [1.807, 2.05) is 6.92 Å². The SMILES string of the molecule is C=CCNCC(=O)N(CC)c1ccc(F)cc1. The van der Waals surface area contributed by atoms with E-state index >= 15 is 0 Å². The first-order chi connectivity index (χ1) is 8.19. The van der Waals surface area contributed by atoms with Gasteiger partial charge < -0.3 is 10.2 Å². The number of hydrogen-bond donors (Lipinski definition) is 1. The predicted molar refractivity (Wildman–Crippen MR) is 67.5 cm³/mol. The highest BCUT2D eigenvalue weighted by Crippen LogP contribution is 2.14. The van der Waals surface area contributed by atoms with Crippen molar-refractivity contribution in [3.05, 3.63) is 42.7 Å². The molecule has 0 bridgehead atoms. The number of likely N-dealkylation sites (N-methyl/N-ethyl adjacent to an activating group) is 1. The molecule has 1 rings (SSSR count). The van der Waals surface area contributed by atoms with Crippen molar-refractivity contribution in [2.45, 2.75) is 6.92 Å². The molecular weight excluding hydrogens is 219 g/mol. The quantitative estimate of drug-likeness (QED) is 0.605. The van der Waals surface area contributed by atoms with E-state index in [9.17, 15) is 9.18 Å². The topological polar surface area (TPSA) is 32.3 Å². The van der Waals surface area contributed by atoms with Crippen molar-refractivity contribution in [1.82, 2.24) is 5.32 Å². The smallest absolute Gasteiger partial charge is 0.240 e. The van der Waals surface area contributed by atoms with Gasteiger partial charge in [0.2, 0.25) is 5.91 Å². The van der Waals surface area contributed by atoms with Gasteiger partial charge in [-0.2, -0.15) is 0 Å². The Hall–Kier alpha value is -1.68. The minimum absolute atomic E-state index is 0.0408. The van der Waals surface area contributed by atoms with Gasteiger partial charge in [0, 0.05) is 18.8 Å². The van der Waals surface area contributed by atoms with Gasteiger partial charge in [0.1, 0.15) is 5.82 Å². The number of amides is 1. The largest absolute Gasteiger partial charge is 0.312 e. The monoisotopic (exact) mass is 236 g/mol. The zero-order valence-electron chi connectivity index (χ0n) is 9.95. The second-order valence-electron chi connectivity index (χ2n) is 3.53. The first-order valence-electron chi connectivity index (χ1n) is 5.56. The lowest BCUT2D eigenvalue weighted by molar-refractivity contribution is -0.117. The van der Waals surface area contributed by atoms with Crippen molar-refractivity contribution in [2.24, 2.45) is 0 Å². The fourth-order valence-corrected chi connectivity index (χ4v) is 1.50. The van der Waals surface area contributed by atoms with E-state index in [1.54, 1.807) is 23.1 Å². The van der Waals surface area contributed by atoms with Crippen molar-refractivity contribution in [1.29, 1.82) is 0 Å². The summed E-state index contributed by atoms with van der Waals surface area (Å²) in [7, 11) is 0. The Labute approximate surface area is 101 Å². The van der Waals surface area contributed by atoms with Gasteiger partial charge in [-0.1, -0.05) is 6.08 Å². The summed E-state index contributed by atoms with van der Waals surface area (Å²) in [5.74, 6) is -0.344. The van der Waals surface area contributed by atoms with Crippen LogP contribution in [0.25, 0.3) is 0 Å². The van der Waals surface area contributed by atoms with Crippen LogP contribution in [0.1, 0.15) is 6.92 Å². The molecule has 0 unspecified atom stereocenters. The minimum atomic E-state index is -0.304. The van der Waals surface area contributed by atoms with Crippen LogP contribution in [0.4, 0.5) is 10.1 Å². The molecule has 0 aliphatic rings. The van der Waals surface area contributed by atoms with Gasteiger partial charge in [0.15, 0.2) is 0 Å². The van der Waals surface area contributed by atoms with E-state index in [0.717, 1.165) is 0 Å². The van der Waals surface area contributed by atoms with Gasteiger partial charge in [-0.3, -0.25) is 4.79 Å². The molecule has 0 atom stereocenters. The standard InChI is InChI=1S/C13H17FN2O/c1-3-9-15-10-13(17)16(4-2)12-7-5-11(14)6-8-12/h3,5-8,15H,1,4,9-10H2,2H3. The lowest BCUT2D eigenvalue weighted by atomic mass is 10.2. The van der Waals surface area contributed by atoms with Crippen molar-refractivity contribution < 1.29 is 9.18 Å². The van der Waals surface area contributed by atoms with Gasteiger partial charge in [-0.15, -0.1) is 6.58 Å². The average Bonchev–Trinajstić information content (AvgIpc) is 2.33. The van der Waals surface area contributed by atoms with E-state index in [0.29, 0.717) is 18.8 Å². The molecule has 0 saturated heterocycles. The first kappa shape index (κ1) is 13.4. The van der Waals surface area contributed by atoms with Crippen LogP contribution in [0.3, 0.4) is 0 Å². The zero-order chi connectivity index (χ0) is 12.7. The summed E-state index contributed by atoms with van der Waals surface area (Å²) >= 11 is 0. The fraction of sp³-hybridized carbons (Fsp3) is 0.308. The van der Waals surface area contributed by atoms with E-state index in [-0.39, 0.29) is 18.3 Å². The lowest BCUT2D eigenvalue weighted by Crippen LogP contribution is -2.38. The predicted octanol–water partition coefficient (Wildman–Crippen LogP) is 1.95. The molecule has 0 saturated carbocycles. The molecule has 0 fully saturated rings. The second-order valence-corrected chi connectivity index (χ2v) is 3.53. The van der Waals surface area contributed by atoms with Crippen LogP contribution in [-0.2, 0) is 4.79 Å². The van der Waals surface area contributed by atoms with E-state index in [1.165, 1.54) is 12.1 Å². The summed E-state index contributed by atoms with van der Waals surface area (Å²) < 4.78 is 12.8. The number of nitrogens with zero attached hydrogens (tertiary/aromatic N) is 1. The highest BCUT2D eigenvalue weighted by atomic mass is 19.1. The van der Waals surface area contributed by atoms with E-state index < -0.39 is 0 Å². The summed E-state index contributed by atoms with van der Waals surface area (Å²) in [5, 5.41) is 2.95. The highest BCUT2D eigenvalue weighted by Gasteiger charge is 2.12. The maximum Gasteiger partial charge on any atom is 0.240 e. The third-order valence-corrected chi connectivity index (χ3v) is 2.32. The van der Waals surface area contributed by atoms with E-state index in [2.05, 4.69) is 11.9 Å². The summed E-state index contributed by atoms with van der Waals surface area (Å²) in [6.45, 7) is 6.84. The number of hydrogen-bond acceptors (Lipinski definition) is 2. The van der Waals surface area contributed by atoms with Crippen LogP contribution < -0.4 is 10.2 Å². The molecule has 0 aromatic heterocycles. The average molecular weight is 236 g/mol. The Morgan fingerprint density at radius 2 is 2.12 bits per heavy atom. The van der Waals surface area contributed by atoms with Crippen LogP contribution in [0.15, 0.2) is 36.9 Å². The Kier molecular flexibility index (Phi) is 5.36. The van der Waals surface area contributed by atoms with Gasteiger partial charge in [-0.25, -0.2) is 4.39 Å². The maximum atomic E-state index is 12.8. The first-order valence-corrected chi connectivity index (χ1v) is 5.56. The molecular formula is C13H17FN2O. The van der Waals surface area contributed by atoms with Crippen LogP contribution in [0.5, 0.6) is 0 Å². The molecule has 3 nitrogen and oxygen atoms in total. The van der Waals surface area contributed by atoms with Gasteiger partial charge in [-0.05, 0) is 31.2 Å². The zero-order valence-corrected chi connectivity index (χ0v) is 9.95. The Balaban J connectivity index is 2.66. The Bertz CT molecular complexity index is 376. The number of carbonyl (C=O) groups is 1. The van der Waals surface area contributed by atoms with Crippen molar-refractivity contribution in [3.8, 4) is 0 Å². The van der Waals surface area contributed by atoms with Crippen LogP contribution in [0, 0.1) is 5.82 Å². The lowest BCUT2D eigenvalue weighted by Gasteiger charge is -2.21. The van der Waals surface area contributed by atoms with Crippen LogP contribution in [-0.4, -0.2) is 25.5 Å². The van der Waals surface area contributed by atoms with Crippen LogP contribution in [0.2, 0.25) is 0 Å². The number of anilines is 1. The Morgan fingerprint density at radius 3 is 2.65 bits per heavy atom. The molecule has 1 aromatic rings. The van der Waals surface area contributed by atoms with Crippen LogP contribution >= 0.6 is 0 Å². The normalized spacial score (nSPS) is 10.0. The highest BCUT2D eigenvalue weighted by molar-refractivity contribution is 5.94. The third kappa shape index (κ3) is 4.00. The molecule has 1 amide bonds. The molecule has 0 spiro atoms. The fourth-order valence-electron chi connectivity index (χ4n) is 1.50. The number of carbonyl (C=O) groups excluding carboxylic acids is 1. The number of rotatable bonds is 6. The summed E-state index contributed by atoms with van der Waals surface area (Å²) in [5.41, 5.74) is 0.708. The molecule has 1 N–H and O–H groups in total. The van der Waals surface area contributed by atoms with Gasteiger partial charge >= 0.3 is 0 Å². The summed E-state index contributed by atoms with van der Waals surface area (Å²) in [4.78, 5) is 13.5. The van der Waals surface area contributed by atoms with Crippen molar-refractivity contribution >= 4 is 11.6 Å². The molecule has 0 heterocycles. The van der Waals surface area contributed by atoms with Gasteiger partial charge in [0.25, 0.3) is 0 Å². The van der Waals surface area contributed by atoms with Crippen molar-refractivity contribution in [2.75, 3.05) is 24.5 Å². The maximum absolute atomic E-state index is 12.8. The molecule has 0 radical (unpaired) electrons. The molecule has 17 heavy (non-hydrogen) atoms. The summed E-state index contributed by atoms with van der Waals surface area (Å²) in [6, 6.07) is 5.90. The minimum Gasteiger partial charge on any atom is -0.312 e.